The SMILES string of the molecule is Cc1ccc(NC(=S)N2CCCC2CN(C)C)cc1F. The maximum atomic E-state index is 13.6. The van der Waals surface area contributed by atoms with Gasteiger partial charge in [0.15, 0.2) is 5.11 Å². The van der Waals surface area contributed by atoms with Gasteiger partial charge in [0, 0.05) is 24.8 Å². The van der Waals surface area contributed by atoms with Crippen molar-refractivity contribution in [3.05, 3.63) is 29.6 Å². The van der Waals surface area contributed by atoms with Crippen LogP contribution in [0.3, 0.4) is 0 Å². The van der Waals surface area contributed by atoms with Gasteiger partial charge in [0.1, 0.15) is 5.82 Å². The van der Waals surface area contributed by atoms with Gasteiger partial charge in [-0.05, 0) is 63.8 Å². The molecule has 1 aromatic carbocycles. The summed E-state index contributed by atoms with van der Waals surface area (Å²) in [7, 11) is 4.14. The number of thiocarbonyl (C=S) groups is 1. The predicted octanol–water partition coefficient (Wildman–Crippen LogP) is 2.86. The van der Waals surface area contributed by atoms with Gasteiger partial charge in [-0.25, -0.2) is 4.39 Å². The number of nitrogens with one attached hydrogen (secondary N) is 1. The lowest BCUT2D eigenvalue weighted by molar-refractivity contribution is 0.288. The molecule has 1 saturated heterocycles. The van der Waals surface area contributed by atoms with E-state index in [0.29, 0.717) is 22.4 Å². The molecule has 1 N–H and O–H groups in total. The van der Waals surface area contributed by atoms with E-state index in [0.717, 1.165) is 25.9 Å². The fourth-order valence-electron chi connectivity index (χ4n) is 2.58. The highest BCUT2D eigenvalue weighted by atomic mass is 32.1. The Hall–Kier alpha value is -1.20. The van der Waals surface area contributed by atoms with Crippen LogP contribution in [-0.4, -0.2) is 48.1 Å². The second-order valence-corrected chi connectivity index (χ2v) is 6.03. The molecule has 1 unspecified atom stereocenters. The maximum Gasteiger partial charge on any atom is 0.173 e. The normalized spacial score (nSPS) is 18.6. The number of likely N-dealkylation sites (N-methyl/N-ethyl adjacent to an activating group) is 1. The van der Waals surface area contributed by atoms with Crippen molar-refractivity contribution in [3.63, 3.8) is 0 Å². The van der Waals surface area contributed by atoms with Gasteiger partial charge in [0.25, 0.3) is 0 Å². The van der Waals surface area contributed by atoms with E-state index < -0.39 is 0 Å². The van der Waals surface area contributed by atoms with Crippen molar-refractivity contribution in [2.45, 2.75) is 25.8 Å². The molecule has 1 aliphatic rings. The van der Waals surface area contributed by atoms with Crippen LogP contribution in [-0.2, 0) is 0 Å². The van der Waals surface area contributed by atoms with Crippen LogP contribution in [0.2, 0.25) is 0 Å². The van der Waals surface area contributed by atoms with Crippen LogP contribution < -0.4 is 5.32 Å². The molecule has 110 valence electrons. The predicted molar refractivity (Wildman–Crippen MR) is 85.6 cm³/mol. The van der Waals surface area contributed by atoms with Crippen LogP contribution in [0.1, 0.15) is 18.4 Å². The van der Waals surface area contributed by atoms with Crippen molar-refractivity contribution in [2.75, 3.05) is 32.5 Å². The molecular weight excluding hydrogens is 273 g/mol. The quantitative estimate of drug-likeness (QED) is 0.864. The maximum absolute atomic E-state index is 13.6. The van der Waals surface area contributed by atoms with E-state index >= 15 is 0 Å². The van der Waals surface area contributed by atoms with E-state index in [1.807, 2.05) is 6.07 Å². The average molecular weight is 295 g/mol. The Morgan fingerprint density at radius 1 is 1.50 bits per heavy atom. The van der Waals surface area contributed by atoms with E-state index in [2.05, 4.69) is 29.2 Å². The lowest BCUT2D eigenvalue weighted by Gasteiger charge is -2.29. The second-order valence-electron chi connectivity index (χ2n) is 5.65. The topological polar surface area (TPSA) is 18.5 Å². The molecule has 0 bridgehead atoms. The second kappa shape index (κ2) is 6.50. The van der Waals surface area contributed by atoms with E-state index in [1.165, 1.54) is 6.07 Å². The number of hydrogen-bond acceptors (Lipinski definition) is 2. The number of rotatable bonds is 3. The number of likely N-dealkylation sites (tertiary alicyclic amines) is 1. The van der Waals surface area contributed by atoms with Crippen LogP contribution in [0.4, 0.5) is 10.1 Å². The average Bonchev–Trinajstić information content (AvgIpc) is 2.81. The zero-order valence-corrected chi connectivity index (χ0v) is 13.1. The fourth-order valence-corrected chi connectivity index (χ4v) is 2.94. The summed E-state index contributed by atoms with van der Waals surface area (Å²) in [5.41, 5.74) is 1.36. The highest BCUT2D eigenvalue weighted by molar-refractivity contribution is 7.80. The van der Waals surface area contributed by atoms with Crippen molar-refractivity contribution in [1.29, 1.82) is 0 Å². The van der Waals surface area contributed by atoms with Crippen LogP contribution >= 0.6 is 12.2 Å². The van der Waals surface area contributed by atoms with Gasteiger partial charge in [-0.3, -0.25) is 0 Å². The zero-order valence-electron chi connectivity index (χ0n) is 12.3. The molecule has 20 heavy (non-hydrogen) atoms. The minimum atomic E-state index is -0.205. The van der Waals surface area contributed by atoms with Crippen LogP contribution in [0.25, 0.3) is 0 Å². The molecule has 0 aromatic heterocycles. The summed E-state index contributed by atoms with van der Waals surface area (Å²) in [6.07, 6.45) is 2.31. The Bertz CT molecular complexity index is 490. The third-order valence-corrected chi connectivity index (χ3v) is 3.97. The molecule has 0 amide bonds. The van der Waals surface area contributed by atoms with Gasteiger partial charge in [-0.1, -0.05) is 6.07 Å². The first-order valence-electron chi connectivity index (χ1n) is 6.96. The Morgan fingerprint density at radius 2 is 2.25 bits per heavy atom. The van der Waals surface area contributed by atoms with Crippen molar-refractivity contribution < 1.29 is 4.39 Å². The summed E-state index contributed by atoms with van der Waals surface area (Å²) in [5, 5.41) is 3.85. The van der Waals surface area contributed by atoms with E-state index in [-0.39, 0.29) is 5.82 Å². The number of halogens is 1. The third kappa shape index (κ3) is 3.67. The van der Waals surface area contributed by atoms with E-state index in [9.17, 15) is 4.39 Å². The zero-order chi connectivity index (χ0) is 14.7. The number of benzene rings is 1. The lowest BCUT2D eigenvalue weighted by Crippen LogP contribution is -2.43. The molecule has 1 atom stereocenters. The fraction of sp³-hybridized carbons (Fsp3) is 0.533. The Morgan fingerprint density at radius 3 is 2.90 bits per heavy atom. The molecule has 5 heteroatoms. The van der Waals surface area contributed by atoms with Crippen LogP contribution in [0.5, 0.6) is 0 Å². The monoisotopic (exact) mass is 295 g/mol. The van der Waals surface area contributed by atoms with E-state index in [1.54, 1.807) is 13.0 Å². The molecule has 2 rings (SSSR count). The Kier molecular flexibility index (Phi) is 4.94. The molecule has 0 aliphatic carbocycles. The van der Waals surface area contributed by atoms with Gasteiger partial charge < -0.3 is 15.1 Å². The highest BCUT2D eigenvalue weighted by Gasteiger charge is 2.26. The van der Waals surface area contributed by atoms with Gasteiger partial charge in [-0.15, -0.1) is 0 Å². The molecule has 1 fully saturated rings. The van der Waals surface area contributed by atoms with Crippen molar-refractivity contribution >= 4 is 23.0 Å². The van der Waals surface area contributed by atoms with Gasteiger partial charge in [0.2, 0.25) is 0 Å². The number of anilines is 1. The Labute approximate surface area is 125 Å². The summed E-state index contributed by atoms with van der Waals surface area (Å²) in [4.78, 5) is 4.39. The minimum absolute atomic E-state index is 0.205. The molecule has 1 heterocycles. The third-order valence-electron chi connectivity index (χ3n) is 3.64. The summed E-state index contributed by atoms with van der Waals surface area (Å²) in [6.45, 7) is 3.72. The molecule has 0 spiro atoms. The standard InChI is InChI=1S/C15H22FN3S/c1-11-6-7-12(9-14(11)16)17-15(20)19-8-4-5-13(19)10-18(2)3/h6-7,9,13H,4-5,8,10H2,1-3H3,(H,17,20). The highest BCUT2D eigenvalue weighted by Crippen LogP contribution is 2.20. The molecule has 0 radical (unpaired) electrons. The summed E-state index contributed by atoms with van der Waals surface area (Å²) in [6, 6.07) is 5.57. The lowest BCUT2D eigenvalue weighted by atomic mass is 10.2. The summed E-state index contributed by atoms with van der Waals surface area (Å²) >= 11 is 5.48. The van der Waals surface area contributed by atoms with Gasteiger partial charge in [-0.2, -0.15) is 0 Å². The molecule has 0 saturated carbocycles. The van der Waals surface area contributed by atoms with Crippen LogP contribution in [0.15, 0.2) is 18.2 Å². The van der Waals surface area contributed by atoms with Crippen molar-refractivity contribution in [3.8, 4) is 0 Å². The summed E-state index contributed by atoms with van der Waals surface area (Å²) in [5.74, 6) is -0.205. The smallest absolute Gasteiger partial charge is 0.173 e. The first-order valence-corrected chi connectivity index (χ1v) is 7.36. The molecular formula is C15H22FN3S. The minimum Gasteiger partial charge on any atom is -0.345 e. The largest absolute Gasteiger partial charge is 0.345 e. The summed E-state index contributed by atoms with van der Waals surface area (Å²) < 4.78 is 13.6. The van der Waals surface area contributed by atoms with Gasteiger partial charge >= 0.3 is 0 Å². The number of hydrogen-bond donors (Lipinski definition) is 1. The van der Waals surface area contributed by atoms with Gasteiger partial charge in [0.05, 0.1) is 0 Å². The first kappa shape index (κ1) is 15.2. The van der Waals surface area contributed by atoms with E-state index in [4.69, 9.17) is 12.2 Å². The Balaban J connectivity index is 2.01. The molecule has 1 aliphatic heterocycles. The number of aryl methyl sites for hydroxylation is 1. The van der Waals surface area contributed by atoms with Crippen molar-refractivity contribution in [1.82, 2.24) is 9.80 Å². The number of nitrogens with zero attached hydrogens (tertiary/aromatic N) is 2. The molecule has 1 aromatic rings. The van der Waals surface area contributed by atoms with Crippen LogP contribution in [0, 0.1) is 12.7 Å². The first-order chi connectivity index (χ1) is 9.47. The van der Waals surface area contributed by atoms with Crippen molar-refractivity contribution in [2.24, 2.45) is 0 Å². The molecule has 3 nitrogen and oxygen atoms in total.